The van der Waals surface area contributed by atoms with E-state index in [2.05, 4.69) is 5.32 Å². The Kier molecular flexibility index (Phi) is 4.88. The van der Waals surface area contributed by atoms with Crippen LogP contribution in [0.5, 0.6) is 0 Å². The van der Waals surface area contributed by atoms with Crippen molar-refractivity contribution >= 4 is 21.4 Å². The van der Waals surface area contributed by atoms with E-state index in [1.165, 1.54) is 4.90 Å². The second-order valence-corrected chi connectivity index (χ2v) is 7.85. The molecule has 1 aromatic rings. The normalized spacial score (nSPS) is 15.9. The molecule has 1 aromatic carbocycles. The predicted molar refractivity (Wildman–Crippen MR) is 83.1 cm³/mol. The first kappa shape index (κ1) is 15.8. The van der Waals surface area contributed by atoms with Crippen LogP contribution in [-0.2, 0) is 14.6 Å². The van der Waals surface area contributed by atoms with Gasteiger partial charge in [-0.05, 0) is 37.1 Å². The Balaban J connectivity index is 2.03. The van der Waals surface area contributed by atoms with Crippen molar-refractivity contribution in [2.24, 2.45) is 0 Å². The summed E-state index contributed by atoms with van der Waals surface area (Å²) >= 11 is 0. The van der Waals surface area contributed by atoms with Crippen molar-refractivity contribution in [3.05, 3.63) is 24.3 Å². The summed E-state index contributed by atoms with van der Waals surface area (Å²) in [6.07, 6.45) is 3.52. The first-order valence-corrected chi connectivity index (χ1v) is 8.74. The zero-order valence-corrected chi connectivity index (χ0v) is 13.3. The quantitative estimate of drug-likeness (QED) is 0.902. The fourth-order valence-corrected chi connectivity index (χ4v) is 4.34. The van der Waals surface area contributed by atoms with E-state index in [1.807, 2.05) is 0 Å². The number of carbonyl (C=O) groups excluding carboxylic acids is 1. The molecular formula is C15H22N2O3S. The first-order valence-electron chi connectivity index (χ1n) is 7.19. The van der Waals surface area contributed by atoms with Gasteiger partial charge in [-0.3, -0.25) is 4.79 Å². The number of nitrogens with zero attached hydrogens (tertiary/aromatic N) is 1. The minimum Gasteiger partial charge on any atom is -0.376 e. The number of sulfone groups is 1. The Hall–Kier alpha value is -1.56. The van der Waals surface area contributed by atoms with Crippen LogP contribution in [0, 0.1) is 0 Å². The van der Waals surface area contributed by atoms with Crippen molar-refractivity contribution in [3.63, 3.8) is 0 Å². The summed E-state index contributed by atoms with van der Waals surface area (Å²) in [5.74, 6) is -0.0300. The summed E-state index contributed by atoms with van der Waals surface area (Å²) in [4.78, 5) is 13.4. The third-order valence-corrected chi connectivity index (χ3v) is 6.14. The highest BCUT2D eigenvalue weighted by molar-refractivity contribution is 7.92. The van der Waals surface area contributed by atoms with Gasteiger partial charge in [0.2, 0.25) is 5.91 Å². The molecule has 1 saturated carbocycles. The fraction of sp³-hybridized carbons (Fsp3) is 0.533. The summed E-state index contributed by atoms with van der Waals surface area (Å²) in [6, 6.07) is 6.67. The van der Waals surface area contributed by atoms with Crippen molar-refractivity contribution in [1.82, 2.24) is 4.90 Å². The van der Waals surface area contributed by atoms with Gasteiger partial charge in [-0.15, -0.1) is 0 Å². The molecule has 0 radical (unpaired) electrons. The second-order valence-electron chi connectivity index (χ2n) is 5.62. The van der Waals surface area contributed by atoms with Crippen molar-refractivity contribution in [1.29, 1.82) is 0 Å². The lowest BCUT2D eigenvalue weighted by molar-refractivity contribution is -0.126. The second kappa shape index (κ2) is 6.47. The highest BCUT2D eigenvalue weighted by atomic mass is 32.2. The summed E-state index contributed by atoms with van der Waals surface area (Å²) in [5, 5.41) is 2.76. The molecule has 21 heavy (non-hydrogen) atoms. The Morgan fingerprint density at radius 3 is 2.29 bits per heavy atom. The minimum absolute atomic E-state index is 0.0300. The van der Waals surface area contributed by atoms with E-state index >= 15 is 0 Å². The minimum atomic E-state index is -3.20. The maximum absolute atomic E-state index is 12.4. The third-order valence-electron chi connectivity index (χ3n) is 3.87. The molecule has 1 amide bonds. The van der Waals surface area contributed by atoms with Gasteiger partial charge >= 0.3 is 0 Å². The zero-order valence-electron chi connectivity index (χ0n) is 12.5. The number of hydrogen-bond acceptors (Lipinski definition) is 4. The molecular weight excluding hydrogens is 288 g/mol. The van der Waals surface area contributed by atoms with E-state index in [0.717, 1.165) is 31.4 Å². The monoisotopic (exact) mass is 310 g/mol. The number of carbonyl (C=O) groups is 1. The van der Waals surface area contributed by atoms with Crippen molar-refractivity contribution in [2.45, 2.75) is 35.8 Å². The summed E-state index contributed by atoms with van der Waals surface area (Å²) in [6.45, 7) is 0.196. The van der Waals surface area contributed by atoms with Gasteiger partial charge in [-0.25, -0.2) is 8.42 Å². The highest BCUT2D eigenvalue weighted by Gasteiger charge is 2.29. The third kappa shape index (κ3) is 3.75. The lowest BCUT2D eigenvalue weighted by Crippen LogP contribution is -2.28. The number of likely N-dealkylation sites (N-methyl/N-ethyl adjacent to an activating group) is 1. The standard InChI is InChI=1S/C15H22N2O3S/c1-17(2)15(18)11-16-12-7-9-14(10-8-12)21(19,20)13-5-3-4-6-13/h7-10,13,16H,3-6,11H2,1-2H3. The van der Waals surface area contributed by atoms with E-state index in [0.29, 0.717) is 4.90 Å². The van der Waals surface area contributed by atoms with E-state index < -0.39 is 9.84 Å². The molecule has 1 N–H and O–H groups in total. The van der Waals surface area contributed by atoms with Gasteiger partial charge in [0.05, 0.1) is 16.7 Å². The zero-order chi connectivity index (χ0) is 15.5. The van der Waals surface area contributed by atoms with Gasteiger partial charge in [0.15, 0.2) is 9.84 Å². The molecule has 0 heterocycles. The summed E-state index contributed by atoms with van der Waals surface area (Å²) in [7, 11) is 0.188. The topological polar surface area (TPSA) is 66.5 Å². The predicted octanol–water partition coefficient (Wildman–Crippen LogP) is 1.90. The average Bonchev–Trinajstić information content (AvgIpc) is 3.00. The SMILES string of the molecule is CN(C)C(=O)CNc1ccc(S(=O)(=O)C2CCCC2)cc1. The van der Waals surface area contributed by atoms with E-state index in [4.69, 9.17) is 0 Å². The van der Waals surface area contributed by atoms with Crippen LogP contribution in [0.2, 0.25) is 0 Å². The molecule has 0 bridgehead atoms. The van der Waals surface area contributed by atoms with Crippen LogP contribution in [0.1, 0.15) is 25.7 Å². The molecule has 6 heteroatoms. The van der Waals surface area contributed by atoms with E-state index in [-0.39, 0.29) is 17.7 Å². The Labute approximate surface area is 126 Å². The van der Waals surface area contributed by atoms with Crippen LogP contribution in [0.4, 0.5) is 5.69 Å². The number of benzene rings is 1. The van der Waals surface area contributed by atoms with E-state index in [9.17, 15) is 13.2 Å². The summed E-state index contributed by atoms with van der Waals surface area (Å²) < 4.78 is 24.8. The molecule has 0 saturated heterocycles. The van der Waals surface area contributed by atoms with Gasteiger partial charge in [-0.2, -0.15) is 0 Å². The van der Waals surface area contributed by atoms with E-state index in [1.54, 1.807) is 38.4 Å². The van der Waals surface area contributed by atoms with Crippen LogP contribution < -0.4 is 5.32 Å². The number of amides is 1. The average molecular weight is 310 g/mol. The number of hydrogen-bond donors (Lipinski definition) is 1. The first-order chi connectivity index (χ1) is 9.91. The molecule has 1 aliphatic carbocycles. The van der Waals surface area contributed by atoms with Crippen LogP contribution >= 0.6 is 0 Å². The van der Waals surface area contributed by atoms with Gasteiger partial charge in [0, 0.05) is 19.8 Å². The van der Waals surface area contributed by atoms with Crippen LogP contribution in [0.25, 0.3) is 0 Å². The van der Waals surface area contributed by atoms with Gasteiger partial charge in [0.25, 0.3) is 0 Å². The van der Waals surface area contributed by atoms with Crippen LogP contribution in [-0.4, -0.2) is 45.1 Å². The van der Waals surface area contributed by atoms with Crippen molar-refractivity contribution in [3.8, 4) is 0 Å². The Morgan fingerprint density at radius 2 is 1.76 bits per heavy atom. The van der Waals surface area contributed by atoms with Crippen LogP contribution in [0.15, 0.2) is 29.2 Å². The lowest BCUT2D eigenvalue weighted by atomic mass is 10.3. The Bertz CT molecular complexity index is 588. The molecule has 0 atom stereocenters. The molecule has 0 unspecified atom stereocenters. The lowest BCUT2D eigenvalue weighted by Gasteiger charge is -2.13. The molecule has 116 valence electrons. The molecule has 0 spiro atoms. The van der Waals surface area contributed by atoms with Gasteiger partial charge in [0.1, 0.15) is 0 Å². The molecule has 0 aromatic heterocycles. The number of anilines is 1. The largest absolute Gasteiger partial charge is 0.376 e. The fourth-order valence-electron chi connectivity index (χ4n) is 2.49. The van der Waals surface area contributed by atoms with Crippen LogP contribution in [0.3, 0.4) is 0 Å². The number of rotatable bonds is 5. The van der Waals surface area contributed by atoms with Gasteiger partial charge < -0.3 is 10.2 Å². The molecule has 5 nitrogen and oxygen atoms in total. The maximum Gasteiger partial charge on any atom is 0.241 e. The maximum atomic E-state index is 12.4. The summed E-state index contributed by atoms with van der Waals surface area (Å²) in [5.41, 5.74) is 0.746. The molecule has 1 fully saturated rings. The molecule has 2 rings (SSSR count). The number of nitrogens with one attached hydrogen (secondary N) is 1. The molecule has 1 aliphatic rings. The highest BCUT2D eigenvalue weighted by Crippen LogP contribution is 2.29. The van der Waals surface area contributed by atoms with Crippen molar-refractivity contribution in [2.75, 3.05) is 26.0 Å². The van der Waals surface area contributed by atoms with Gasteiger partial charge in [-0.1, -0.05) is 12.8 Å². The smallest absolute Gasteiger partial charge is 0.241 e. The van der Waals surface area contributed by atoms with Crippen molar-refractivity contribution < 1.29 is 13.2 Å². The Morgan fingerprint density at radius 1 is 1.19 bits per heavy atom. The molecule has 0 aliphatic heterocycles.